The van der Waals surface area contributed by atoms with E-state index >= 15 is 0 Å². The van der Waals surface area contributed by atoms with Gasteiger partial charge in [-0.3, -0.25) is 9.79 Å². The first-order chi connectivity index (χ1) is 12.7. The zero-order valence-corrected chi connectivity index (χ0v) is 14.2. The molecule has 2 aliphatic heterocycles. The molecule has 0 saturated carbocycles. The Labute approximate surface area is 151 Å². The summed E-state index contributed by atoms with van der Waals surface area (Å²) in [6, 6.07) is 15.3. The second-order valence-electron chi connectivity index (χ2n) is 6.27. The van der Waals surface area contributed by atoms with Crippen molar-refractivity contribution in [1.29, 1.82) is 5.26 Å². The average molecular weight is 346 g/mol. The maximum Gasteiger partial charge on any atom is 0.237 e. The summed E-state index contributed by atoms with van der Waals surface area (Å²) in [7, 11) is 0. The molecule has 1 amide bonds. The molecule has 1 saturated heterocycles. The van der Waals surface area contributed by atoms with Crippen molar-refractivity contribution < 1.29 is 9.53 Å². The first-order valence-electron chi connectivity index (χ1n) is 8.56. The number of carbonyl (C=O) groups excluding carboxylic acids is 1. The topological polar surface area (TPSA) is 77.7 Å². The predicted octanol–water partition coefficient (Wildman–Crippen LogP) is 2.83. The molecule has 2 aromatic carbocycles. The summed E-state index contributed by atoms with van der Waals surface area (Å²) in [5, 5.41) is 11.9. The summed E-state index contributed by atoms with van der Waals surface area (Å²) in [6.45, 7) is 3.29. The Morgan fingerprint density at radius 3 is 2.69 bits per heavy atom. The number of benzene rings is 2. The third-order valence-electron chi connectivity index (χ3n) is 4.65. The summed E-state index contributed by atoms with van der Waals surface area (Å²) in [5.41, 5.74) is 4.01. The van der Waals surface area contributed by atoms with E-state index in [0.29, 0.717) is 5.56 Å². The molecule has 6 heteroatoms. The van der Waals surface area contributed by atoms with Gasteiger partial charge in [0, 0.05) is 30.7 Å². The van der Waals surface area contributed by atoms with Gasteiger partial charge in [-0.1, -0.05) is 0 Å². The van der Waals surface area contributed by atoms with Gasteiger partial charge in [-0.2, -0.15) is 5.26 Å². The second kappa shape index (κ2) is 6.98. The molecule has 2 heterocycles. The van der Waals surface area contributed by atoms with Crippen LogP contribution in [-0.4, -0.2) is 38.4 Å². The van der Waals surface area contributed by atoms with Crippen LogP contribution < -0.4 is 10.2 Å². The Hall–Kier alpha value is -3.17. The summed E-state index contributed by atoms with van der Waals surface area (Å²) >= 11 is 0. The van der Waals surface area contributed by atoms with Gasteiger partial charge in [-0.15, -0.1) is 0 Å². The van der Waals surface area contributed by atoms with Gasteiger partial charge in [0.25, 0.3) is 0 Å². The zero-order valence-electron chi connectivity index (χ0n) is 14.2. The number of morpholine rings is 1. The van der Waals surface area contributed by atoms with Crippen LogP contribution in [0.3, 0.4) is 0 Å². The van der Waals surface area contributed by atoms with Crippen molar-refractivity contribution in [2.45, 2.75) is 5.92 Å². The van der Waals surface area contributed by atoms with E-state index in [2.05, 4.69) is 21.3 Å². The molecule has 0 aromatic heterocycles. The largest absolute Gasteiger partial charge is 0.378 e. The van der Waals surface area contributed by atoms with E-state index in [9.17, 15) is 4.79 Å². The summed E-state index contributed by atoms with van der Waals surface area (Å²) in [4.78, 5) is 19.0. The number of aliphatic imine (C=N–C) groups is 1. The van der Waals surface area contributed by atoms with Gasteiger partial charge >= 0.3 is 0 Å². The molecule has 0 radical (unpaired) electrons. The summed E-state index contributed by atoms with van der Waals surface area (Å²) in [6.07, 6.45) is 1.64. The van der Waals surface area contributed by atoms with Crippen LogP contribution in [0.2, 0.25) is 0 Å². The van der Waals surface area contributed by atoms with Crippen molar-refractivity contribution in [2.75, 3.05) is 36.5 Å². The van der Waals surface area contributed by atoms with E-state index in [1.807, 2.05) is 24.3 Å². The van der Waals surface area contributed by atoms with Crippen LogP contribution in [0.15, 0.2) is 47.5 Å². The van der Waals surface area contributed by atoms with Crippen LogP contribution in [0, 0.1) is 11.3 Å². The van der Waals surface area contributed by atoms with Crippen molar-refractivity contribution in [3.63, 3.8) is 0 Å². The van der Waals surface area contributed by atoms with E-state index in [-0.39, 0.29) is 5.91 Å². The standard InChI is InChI=1S/C20H18N4O2/c21-12-14-1-6-19-17(11-14)18(20(25)23-19)13-22-15-2-4-16(5-3-15)24-7-9-26-10-8-24/h1-6,11,13,18H,7-10H2,(H,23,25). The molecule has 1 atom stereocenters. The third kappa shape index (κ3) is 3.17. The molecular formula is C20H18N4O2. The molecule has 1 unspecified atom stereocenters. The quantitative estimate of drug-likeness (QED) is 0.867. The first-order valence-corrected chi connectivity index (χ1v) is 8.56. The number of carbonyl (C=O) groups is 1. The van der Waals surface area contributed by atoms with E-state index in [4.69, 9.17) is 10.00 Å². The SMILES string of the molecule is N#Cc1ccc2c(c1)C(C=Nc1ccc(N3CCOCC3)cc1)C(=O)N2. The fourth-order valence-corrected chi connectivity index (χ4v) is 3.23. The van der Waals surface area contributed by atoms with Gasteiger partial charge in [0.15, 0.2) is 0 Å². The van der Waals surface area contributed by atoms with Crippen molar-refractivity contribution in [1.82, 2.24) is 0 Å². The molecular weight excluding hydrogens is 328 g/mol. The molecule has 6 nitrogen and oxygen atoms in total. The highest BCUT2D eigenvalue weighted by Gasteiger charge is 2.29. The number of amides is 1. The maximum atomic E-state index is 12.2. The highest BCUT2D eigenvalue weighted by atomic mass is 16.5. The minimum Gasteiger partial charge on any atom is -0.378 e. The van der Waals surface area contributed by atoms with Gasteiger partial charge < -0.3 is 15.0 Å². The Bertz CT molecular complexity index is 893. The van der Waals surface area contributed by atoms with Crippen LogP contribution in [0.4, 0.5) is 17.1 Å². The Kier molecular flexibility index (Phi) is 4.38. The highest BCUT2D eigenvalue weighted by Crippen LogP contribution is 2.32. The number of nitriles is 1. The van der Waals surface area contributed by atoms with Crippen LogP contribution in [0.1, 0.15) is 17.0 Å². The van der Waals surface area contributed by atoms with Gasteiger partial charge in [0.05, 0.1) is 30.5 Å². The summed E-state index contributed by atoms with van der Waals surface area (Å²) < 4.78 is 5.37. The number of nitrogens with zero attached hydrogens (tertiary/aromatic N) is 3. The molecule has 1 fully saturated rings. The predicted molar refractivity (Wildman–Crippen MR) is 100 cm³/mol. The number of fused-ring (bicyclic) bond motifs is 1. The van der Waals surface area contributed by atoms with Gasteiger partial charge in [0.1, 0.15) is 5.92 Å². The highest BCUT2D eigenvalue weighted by molar-refractivity contribution is 6.12. The minimum absolute atomic E-state index is 0.122. The molecule has 2 aliphatic rings. The zero-order chi connectivity index (χ0) is 17.9. The van der Waals surface area contributed by atoms with Crippen LogP contribution in [0.25, 0.3) is 0 Å². The molecule has 0 aliphatic carbocycles. The Balaban J connectivity index is 1.52. The second-order valence-corrected chi connectivity index (χ2v) is 6.27. The normalized spacial score (nSPS) is 19.3. The lowest BCUT2D eigenvalue weighted by Crippen LogP contribution is -2.36. The van der Waals surface area contributed by atoms with E-state index in [1.165, 1.54) is 0 Å². The fraction of sp³-hybridized carbons (Fsp3) is 0.250. The number of anilines is 2. The lowest BCUT2D eigenvalue weighted by atomic mass is 10.00. The van der Waals surface area contributed by atoms with Crippen LogP contribution in [-0.2, 0) is 9.53 Å². The molecule has 4 rings (SSSR count). The number of ether oxygens (including phenoxy) is 1. The van der Waals surface area contributed by atoms with Gasteiger partial charge in [-0.25, -0.2) is 0 Å². The molecule has 2 aromatic rings. The minimum atomic E-state index is -0.475. The molecule has 26 heavy (non-hydrogen) atoms. The molecule has 0 spiro atoms. The lowest BCUT2D eigenvalue weighted by molar-refractivity contribution is -0.115. The average Bonchev–Trinajstić information content (AvgIpc) is 3.01. The van der Waals surface area contributed by atoms with Gasteiger partial charge in [0.2, 0.25) is 5.91 Å². The molecule has 1 N–H and O–H groups in total. The van der Waals surface area contributed by atoms with Crippen LogP contribution >= 0.6 is 0 Å². The van der Waals surface area contributed by atoms with E-state index in [0.717, 1.165) is 48.9 Å². The smallest absolute Gasteiger partial charge is 0.237 e. The first kappa shape index (κ1) is 16.3. The van der Waals surface area contributed by atoms with Crippen molar-refractivity contribution in [3.05, 3.63) is 53.6 Å². The summed E-state index contributed by atoms with van der Waals surface area (Å²) in [5.74, 6) is -0.596. The molecule has 130 valence electrons. The fourth-order valence-electron chi connectivity index (χ4n) is 3.23. The van der Waals surface area contributed by atoms with Crippen molar-refractivity contribution in [3.8, 4) is 6.07 Å². The monoisotopic (exact) mass is 346 g/mol. The third-order valence-corrected chi connectivity index (χ3v) is 4.65. The van der Waals surface area contributed by atoms with Crippen molar-refractivity contribution in [2.24, 2.45) is 4.99 Å². The van der Waals surface area contributed by atoms with Crippen molar-refractivity contribution >= 4 is 29.2 Å². The van der Waals surface area contributed by atoms with Gasteiger partial charge in [-0.05, 0) is 48.0 Å². The van der Waals surface area contributed by atoms with Crippen LogP contribution in [0.5, 0.6) is 0 Å². The Morgan fingerprint density at radius 1 is 1.19 bits per heavy atom. The molecule has 0 bridgehead atoms. The number of hydrogen-bond acceptors (Lipinski definition) is 5. The van der Waals surface area contributed by atoms with E-state index < -0.39 is 5.92 Å². The van der Waals surface area contributed by atoms with E-state index in [1.54, 1.807) is 24.4 Å². The Morgan fingerprint density at radius 2 is 1.96 bits per heavy atom. The lowest BCUT2D eigenvalue weighted by Gasteiger charge is -2.28. The number of hydrogen-bond donors (Lipinski definition) is 1. The maximum absolute atomic E-state index is 12.2. The number of nitrogens with one attached hydrogen (secondary N) is 1. The number of rotatable bonds is 3.